The topological polar surface area (TPSA) is 37.8 Å². The smallest absolute Gasteiger partial charge is 0.192 e. The molecule has 0 unspecified atom stereocenters. The van der Waals surface area contributed by atoms with E-state index in [0.717, 1.165) is 50.9 Å². The lowest BCUT2D eigenvalue weighted by Gasteiger charge is -2.38. The summed E-state index contributed by atoms with van der Waals surface area (Å²) in [5.74, 6) is 0. The third-order valence-electron chi connectivity index (χ3n) is 5.49. The first kappa shape index (κ1) is 18.2. The van der Waals surface area contributed by atoms with Crippen molar-refractivity contribution in [2.45, 2.75) is 51.4 Å². The molecule has 0 N–H and O–H groups in total. The van der Waals surface area contributed by atoms with Crippen molar-refractivity contribution < 1.29 is 9.16 Å². The van der Waals surface area contributed by atoms with E-state index < -0.39 is 8.32 Å². The molecule has 2 saturated heterocycles. The van der Waals surface area contributed by atoms with Gasteiger partial charge in [-0.2, -0.15) is 0 Å². The molecule has 3 heterocycles. The van der Waals surface area contributed by atoms with Crippen LogP contribution in [0, 0.1) is 0 Å². The largest absolute Gasteiger partial charge is 0.412 e. The third kappa shape index (κ3) is 3.95. The Bertz CT molecular complexity index is 552. The lowest BCUT2D eigenvalue weighted by molar-refractivity contribution is 0.122. The first-order chi connectivity index (χ1) is 11.3. The Morgan fingerprint density at radius 1 is 1.21 bits per heavy atom. The van der Waals surface area contributed by atoms with Crippen molar-refractivity contribution in [1.29, 1.82) is 0 Å². The molecule has 0 aliphatic carbocycles. The fourth-order valence-electron chi connectivity index (χ4n) is 2.92. The van der Waals surface area contributed by atoms with Crippen LogP contribution in [0.1, 0.15) is 27.2 Å². The van der Waals surface area contributed by atoms with Gasteiger partial charge in [0.2, 0.25) is 0 Å². The van der Waals surface area contributed by atoms with Gasteiger partial charge in [0.05, 0.1) is 25.5 Å². The van der Waals surface area contributed by atoms with Crippen molar-refractivity contribution in [3.63, 3.8) is 0 Å². The second-order valence-corrected chi connectivity index (χ2v) is 14.1. The number of hydrogen-bond donors (Lipinski definition) is 0. The van der Waals surface area contributed by atoms with Gasteiger partial charge in [0.25, 0.3) is 0 Å². The van der Waals surface area contributed by atoms with Gasteiger partial charge in [0.15, 0.2) is 13.4 Å². The molecule has 7 heteroatoms. The van der Waals surface area contributed by atoms with Gasteiger partial charge < -0.3 is 19.0 Å². The van der Waals surface area contributed by atoms with Crippen molar-refractivity contribution in [3.8, 4) is 0 Å². The second kappa shape index (κ2) is 6.94. The van der Waals surface area contributed by atoms with E-state index in [1.165, 1.54) is 5.00 Å². The summed E-state index contributed by atoms with van der Waals surface area (Å²) in [6.45, 7) is 17.2. The molecule has 24 heavy (non-hydrogen) atoms. The Morgan fingerprint density at radius 3 is 2.58 bits per heavy atom. The Balaban J connectivity index is 1.59. The average Bonchev–Trinajstić information content (AvgIpc) is 3.15. The zero-order valence-electron chi connectivity index (χ0n) is 15.7. The molecule has 1 atom stereocenters. The molecule has 1 aromatic heterocycles. The standard InChI is InChI=1S/C17H31N3O2SSi/c1-17(2,3)24(4,5)22-14-6-7-20(13-14)15-12-18-16(23-15)19-8-10-21-11-9-19/h12,14H,6-11,13H2,1-5H3/t14-/m1/s1. The summed E-state index contributed by atoms with van der Waals surface area (Å²) in [7, 11) is -1.68. The van der Waals surface area contributed by atoms with Crippen molar-refractivity contribution in [1.82, 2.24) is 4.98 Å². The molecule has 0 aromatic carbocycles. The number of ether oxygens (including phenoxy) is 1. The maximum Gasteiger partial charge on any atom is 0.192 e. The molecule has 2 aliphatic rings. The number of anilines is 2. The van der Waals surface area contributed by atoms with Crippen LogP contribution in [0.25, 0.3) is 0 Å². The Labute approximate surface area is 151 Å². The van der Waals surface area contributed by atoms with Crippen LogP contribution in [0.5, 0.6) is 0 Å². The first-order valence-corrected chi connectivity index (χ1v) is 12.7. The van der Waals surface area contributed by atoms with E-state index in [4.69, 9.17) is 9.16 Å². The van der Waals surface area contributed by atoms with Crippen LogP contribution in [0.15, 0.2) is 6.20 Å². The van der Waals surface area contributed by atoms with Crippen LogP contribution >= 0.6 is 11.3 Å². The zero-order valence-corrected chi connectivity index (χ0v) is 17.5. The quantitative estimate of drug-likeness (QED) is 0.759. The van der Waals surface area contributed by atoms with Crippen molar-refractivity contribution in [2.24, 2.45) is 0 Å². The molecular formula is C17H31N3O2SSi. The normalized spacial score (nSPS) is 23.1. The lowest BCUT2D eigenvalue weighted by Crippen LogP contribution is -2.44. The minimum absolute atomic E-state index is 0.272. The maximum atomic E-state index is 6.59. The van der Waals surface area contributed by atoms with E-state index in [-0.39, 0.29) is 5.04 Å². The van der Waals surface area contributed by atoms with Gasteiger partial charge in [-0.15, -0.1) is 0 Å². The van der Waals surface area contributed by atoms with Gasteiger partial charge in [-0.05, 0) is 24.6 Å². The molecule has 0 saturated carbocycles. The molecule has 0 radical (unpaired) electrons. The molecule has 5 nitrogen and oxygen atoms in total. The number of morpholine rings is 1. The summed E-state index contributed by atoms with van der Waals surface area (Å²) < 4.78 is 12.0. The second-order valence-electron chi connectivity index (χ2n) is 8.32. The van der Waals surface area contributed by atoms with Crippen LogP contribution in [-0.4, -0.2) is 58.8 Å². The fraction of sp³-hybridized carbons (Fsp3) is 0.824. The molecule has 0 bridgehead atoms. The summed E-state index contributed by atoms with van der Waals surface area (Å²) in [5, 5.41) is 2.67. The number of rotatable bonds is 4. The summed E-state index contributed by atoms with van der Waals surface area (Å²) in [4.78, 5) is 9.41. The predicted molar refractivity (Wildman–Crippen MR) is 104 cm³/mol. The molecule has 1 aromatic rings. The predicted octanol–water partition coefficient (Wildman–Crippen LogP) is 3.58. The summed E-state index contributed by atoms with van der Waals surface area (Å²) in [6, 6.07) is 0. The zero-order chi connectivity index (χ0) is 17.4. The fourth-order valence-corrected chi connectivity index (χ4v) is 5.31. The lowest BCUT2D eigenvalue weighted by atomic mass is 10.2. The van der Waals surface area contributed by atoms with Gasteiger partial charge in [-0.25, -0.2) is 4.98 Å². The SMILES string of the molecule is CC(C)(C)[Si](C)(C)O[C@@H]1CCN(c2cnc(N3CCOCC3)s2)C1. The van der Waals surface area contributed by atoms with E-state index in [0.29, 0.717) is 6.10 Å². The Kier molecular flexibility index (Phi) is 5.25. The molecule has 0 spiro atoms. The summed E-state index contributed by atoms with van der Waals surface area (Å²) in [5.41, 5.74) is 0. The molecule has 136 valence electrons. The Morgan fingerprint density at radius 2 is 1.92 bits per heavy atom. The summed E-state index contributed by atoms with van der Waals surface area (Å²) >= 11 is 1.80. The van der Waals surface area contributed by atoms with Crippen LogP contribution in [0.4, 0.5) is 10.1 Å². The van der Waals surface area contributed by atoms with Gasteiger partial charge in [0, 0.05) is 26.2 Å². The minimum atomic E-state index is -1.68. The highest BCUT2D eigenvalue weighted by atomic mass is 32.1. The van der Waals surface area contributed by atoms with Crippen molar-refractivity contribution in [3.05, 3.63) is 6.20 Å². The van der Waals surface area contributed by atoms with E-state index in [1.807, 2.05) is 6.20 Å². The van der Waals surface area contributed by atoms with Crippen LogP contribution in [0.2, 0.25) is 18.1 Å². The molecule has 2 fully saturated rings. The number of nitrogens with zero attached hydrogens (tertiary/aromatic N) is 3. The monoisotopic (exact) mass is 369 g/mol. The van der Waals surface area contributed by atoms with Gasteiger partial charge in [0.1, 0.15) is 5.00 Å². The number of thiazole rings is 1. The van der Waals surface area contributed by atoms with E-state index >= 15 is 0 Å². The van der Waals surface area contributed by atoms with Crippen molar-refractivity contribution >= 4 is 29.8 Å². The van der Waals surface area contributed by atoms with Crippen LogP contribution in [0.3, 0.4) is 0 Å². The van der Waals surface area contributed by atoms with Crippen molar-refractivity contribution in [2.75, 3.05) is 49.2 Å². The summed E-state index contributed by atoms with van der Waals surface area (Å²) in [6.07, 6.45) is 3.52. The van der Waals surface area contributed by atoms with Crippen LogP contribution < -0.4 is 9.80 Å². The van der Waals surface area contributed by atoms with E-state index in [9.17, 15) is 0 Å². The Hall–Kier alpha value is -0.633. The van der Waals surface area contributed by atoms with Gasteiger partial charge in [-0.3, -0.25) is 0 Å². The van der Waals surface area contributed by atoms with E-state index in [2.05, 4.69) is 48.6 Å². The number of hydrogen-bond acceptors (Lipinski definition) is 6. The van der Waals surface area contributed by atoms with E-state index in [1.54, 1.807) is 11.3 Å². The molecular weight excluding hydrogens is 338 g/mol. The van der Waals surface area contributed by atoms with Gasteiger partial charge >= 0.3 is 0 Å². The highest BCUT2D eigenvalue weighted by Crippen LogP contribution is 2.39. The molecule has 0 amide bonds. The third-order valence-corrected chi connectivity index (χ3v) is 11.1. The van der Waals surface area contributed by atoms with Gasteiger partial charge in [-0.1, -0.05) is 32.1 Å². The highest BCUT2D eigenvalue weighted by Gasteiger charge is 2.40. The molecule has 3 rings (SSSR count). The van der Waals surface area contributed by atoms with Crippen LogP contribution in [-0.2, 0) is 9.16 Å². The highest BCUT2D eigenvalue weighted by molar-refractivity contribution is 7.19. The number of aromatic nitrogens is 1. The minimum Gasteiger partial charge on any atom is -0.412 e. The average molecular weight is 370 g/mol. The first-order valence-electron chi connectivity index (χ1n) is 8.97. The molecule has 2 aliphatic heterocycles. The maximum absolute atomic E-state index is 6.59.